The van der Waals surface area contributed by atoms with Gasteiger partial charge in [0.1, 0.15) is 5.82 Å². The van der Waals surface area contributed by atoms with Crippen molar-refractivity contribution in [2.75, 3.05) is 5.32 Å². The smallest absolute Gasteiger partial charge is 0.160 e. The number of Topliss-reactive ketones (excluding diaryl/α,β-unsaturated/α-hetero) is 1. The van der Waals surface area contributed by atoms with Crippen molar-refractivity contribution in [3.05, 3.63) is 40.3 Å². The number of rotatable bonds is 2. The second-order valence-corrected chi connectivity index (χ2v) is 5.34. The molecular weight excluding hydrogens is 297 g/mol. The van der Waals surface area contributed by atoms with Gasteiger partial charge in [-0.3, -0.25) is 4.79 Å². The molecule has 1 aromatic rings. The van der Waals surface area contributed by atoms with Gasteiger partial charge < -0.3 is 5.32 Å². The molecule has 0 heterocycles. The normalized spacial score (nSPS) is 18.8. The monoisotopic (exact) mass is 311 g/mol. The van der Waals surface area contributed by atoms with Crippen LogP contribution < -0.4 is 5.32 Å². The van der Waals surface area contributed by atoms with Gasteiger partial charge in [0.15, 0.2) is 5.78 Å². The van der Waals surface area contributed by atoms with Gasteiger partial charge in [-0.2, -0.15) is 0 Å². The molecule has 0 saturated heterocycles. The molecule has 0 unspecified atom stereocenters. The molecule has 2 nitrogen and oxygen atoms in total. The molecule has 1 aromatic carbocycles. The first-order valence-corrected chi connectivity index (χ1v) is 6.90. The van der Waals surface area contributed by atoms with E-state index in [1.165, 1.54) is 6.07 Å². The SMILES string of the molecule is O=C1CCCCC/C1=C\Nc1ccc(Br)cc1F. The summed E-state index contributed by atoms with van der Waals surface area (Å²) in [6.07, 6.45) is 6.13. The third-order valence-electron chi connectivity index (χ3n) is 3.04. The fourth-order valence-corrected chi connectivity index (χ4v) is 2.33. The molecule has 2 rings (SSSR count). The van der Waals surface area contributed by atoms with Crippen LogP contribution in [0, 0.1) is 5.82 Å². The summed E-state index contributed by atoms with van der Waals surface area (Å²) in [5.74, 6) is -0.153. The first kappa shape index (κ1) is 13.3. The summed E-state index contributed by atoms with van der Waals surface area (Å²) in [5.41, 5.74) is 1.16. The largest absolute Gasteiger partial charge is 0.359 e. The zero-order valence-corrected chi connectivity index (χ0v) is 11.6. The molecule has 1 fully saturated rings. The first-order valence-electron chi connectivity index (χ1n) is 6.10. The summed E-state index contributed by atoms with van der Waals surface area (Å²) in [7, 11) is 0. The van der Waals surface area contributed by atoms with E-state index in [0.29, 0.717) is 16.6 Å². The maximum Gasteiger partial charge on any atom is 0.160 e. The van der Waals surface area contributed by atoms with E-state index in [1.54, 1.807) is 18.3 Å². The van der Waals surface area contributed by atoms with Crippen LogP contribution in [-0.2, 0) is 4.79 Å². The van der Waals surface area contributed by atoms with Crippen LogP contribution in [-0.4, -0.2) is 5.78 Å². The van der Waals surface area contributed by atoms with Crippen LogP contribution >= 0.6 is 15.9 Å². The molecule has 0 atom stereocenters. The lowest BCUT2D eigenvalue weighted by Gasteiger charge is -2.06. The van der Waals surface area contributed by atoms with Crippen molar-refractivity contribution in [3.63, 3.8) is 0 Å². The second-order valence-electron chi connectivity index (χ2n) is 4.42. The summed E-state index contributed by atoms with van der Waals surface area (Å²) in [4.78, 5) is 11.8. The molecule has 0 spiro atoms. The van der Waals surface area contributed by atoms with Crippen molar-refractivity contribution in [2.45, 2.75) is 32.1 Å². The number of nitrogens with one attached hydrogen (secondary N) is 1. The predicted octanol–water partition coefficient (Wildman–Crippen LogP) is 4.42. The molecule has 1 aliphatic carbocycles. The lowest BCUT2D eigenvalue weighted by Crippen LogP contribution is -2.03. The molecule has 1 aliphatic rings. The minimum absolute atomic E-state index is 0.178. The fraction of sp³-hybridized carbons (Fsp3) is 0.357. The Balaban J connectivity index is 2.11. The third-order valence-corrected chi connectivity index (χ3v) is 3.53. The van der Waals surface area contributed by atoms with Crippen LogP contribution in [0.15, 0.2) is 34.4 Å². The quantitative estimate of drug-likeness (QED) is 0.647. The Morgan fingerprint density at radius 1 is 1.22 bits per heavy atom. The van der Waals surface area contributed by atoms with Gasteiger partial charge in [-0.15, -0.1) is 0 Å². The van der Waals surface area contributed by atoms with Crippen molar-refractivity contribution in [2.24, 2.45) is 0 Å². The zero-order chi connectivity index (χ0) is 13.0. The number of benzene rings is 1. The standard InChI is InChI=1S/C14H15BrFNO/c15-11-6-7-13(12(16)8-11)17-9-10-4-2-1-3-5-14(10)18/h6-9,17H,1-5H2/b10-9+. The van der Waals surface area contributed by atoms with Crippen LogP contribution in [0.2, 0.25) is 0 Å². The van der Waals surface area contributed by atoms with E-state index < -0.39 is 0 Å². The molecule has 1 saturated carbocycles. The van der Waals surface area contributed by atoms with Crippen LogP contribution in [0.1, 0.15) is 32.1 Å². The molecule has 1 N–H and O–H groups in total. The van der Waals surface area contributed by atoms with E-state index in [2.05, 4.69) is 21.2 Å². The van der Waals surface area contributed by atoms with Crippen molar-refractivity contribution < 1.29 is 9.18 Å². The van der Waals surface area contributed by atoms with Gasteiger partial charge in [0, 0.05) is 22.7 Å². The Hall–Kier alpha value is -1.16. The van der Waals surface area contributed by atoms with E-state index >= 15 is 0 Å². The van der Waals surface area contributed by atoms with E-state index in [-0.39, 0.29) is 11.6 Å². The molecular formula is C14H15BrFNO. The zero-order valence-electron chi connectivity index (χ0n) is 10.0. The van der Waals surface area contributed by atoms with E-state index in [1.807, 2.05) is 0 Å². The molecule has 0 aromatic heterocycles. The lowest BCUT2D eigenvalue weighted by atomic mass is 10.1. The molecule has 0 radical (unpaired) electrons. The Bertz CT molecular complexity index is 485. The molecule has 18 heavy (non-hydrogen) atoms. The maximum absolute atomic E-state index is 13.6. The summed E-state index contributed by atoms with van der Waals surface area (Å²) in [6, 6.07) is 4.81. The van der Waals surface area contributed by atoms with Crippen molar-refractivity contribution >= 4 is 27.4 Å². The highest BCUT2D eigenvalue weighted by Gasteiger charge is 2.13. The topological polar surface area (TPSA) is 29.1 Å². The maximum atomic E-state index is 13.6. The molecule has 4 heteroatoms. The van der Waals surface area contributed by atoms with Gasteiger partial charge in [0.25, 0.3) is 0 Å². The highest BCUT2D eigenvalue weighted by Crippen LogP contribution is 2.22. The third kappa shape index (κ3) is 3.42. The summed E-state index contributed by atoms with van der Waals surface area (Å²) < 4.78 is 14.3. The average molecular weight is 312 g/mol. The van der Waals surface area contributed by atoms with Crippen LogP contribution in [0.3, 0.4) is 0 Å². The molecule has 96 valence electrons. The van der Waals surface area contributed by atoms with Crippen LogP contribution in [0.25, 0.3) is 0 Å². The number of hydrogen-bond acceptors (Lipinski definition) is 2. The van der Waals surface area contributed by atoms with Crippen molar-refractivity contribution in [1.29, 1.82) is 0 Å². The van der Waals surface area contributed by atoms with Gasteiger partial charge in [-0.25, -0.2) is 4.39 Å². The number of halogens is 2. The number of allylic oxidation sites excluding steroid dienone is 1. The summed E-state index contributed by atoms with van der Waals surface area (Å²) in [5, 5.41) is 2.89. The number of anilines is 1. The summed E-state index contributed by atoms with van der Waals surface area (Å²) >= 11 is 3.21. The van der Waals surface area contributed by atoms with Gasteiger partial charge in [0.2, 0.25) is 0 Å². The van der Waals surface area contributed by atoms with Gasteiger partial charge >= 0.3 is 0 Å². The molecule has 0 aliphatic heterocycles. The highest BCUT2D eigenvalue weighted by atomic mass is 79.9. The Kier molecular flexibility index (Phi) is 4.53. The predicted molar refractivity (Wildman–Crippen MR) is 73.9 cm³/mol. The Morgan fingerprint density at radius 2 is 2.00 bits per heavy atom. The minimum atomic E-state index is -0.331. The number of carbonyl (C=O) groups is 1. The van der Waals surface area contributed by atoms with E-state index in [4.69, 9.17) is 0 Å². The van der Waals surface area contributed by atoms with E-state index in [0.717, 1.165) is 31.3 Å². The Morgan fingerprint density at radius 3 is 2.78 bits per heavy atom. The highest BCUT2D eigenvalue weighted by molar-refractivity contribution is 9.10. The first-order chi connectivity index (χ1) is 8.66. The van der Waals surface area contributed by atoms with Crippen molar-refractivity contribution in [1.82, 2.24) is 0 Å². The van der Waals surface area contributed by atoms with Gasteiger partial charge in [0.05, 0.1) is 5.69 Å². The minimum Gasteiger partial charge on any atom is -0.359 e. The second kappa shape index (κ2) is 6.14. The number of carbonyl (C=O) groups excluding carboxylic acids is 1. The van der Waals surface area contributed by atoms with E-state index in [9.17, 15) is 9.18 Å². The van der Waals surface area contributed by atoms with Crippen LogP contribution in [0.4, 0.5) is 10.1 Å². The Labute approximate surface area is 114 Å². The summed E-state index contributed by atoms with van der Waals surface area (Å²) in [6.45, 7) is 0. The van der Waals surface area contributed by atoms with Crippen LogP contribution in [0.5, 0.6) is 0 Å². The van der Waals surface area contributed by atoms with Gasteiger partial charge in [-0.05, 0) is 37.5 Å². The van der Waals surface area contributed by atoms with Gasteiger partial charge in [-0.1, -0.05) is 22.4 Å². The average Bonchev–Trinajstić information content (AvgIpc) is 2.53. The van der Waals surface area contributed by atoms with Crippen molar-refractivity contribution in [3.8, 4) is 0 Å². The number of hydrogen-bond donors (Lipinski definition) is 1. The molecule has 0 bridgehead atoms. The molecule has 0 amide bonds. The number of ketones is 1. The lowest BCUT2D eigenvalue weighted by molar-refractivity contribution is -0.115. The fourth-order valence-electron chi connectivity index (χ4n) is 2.00.